The van der Waals surface area contributed by atoms with E-state index in [0.717, 1.165) is 46.5 Å². The van der Waals surface area contributed by atoms with Gasteiger partial charge in [-0.15, -0.1) is 17.2 Å². The van der Waals surface area contributed by atoms with Crippen LogP contribution >= 0.6 is 107 Å². The molecule has 0 spiro atoms. The van der Waals surface area contributed by atoms with Crippen molar-refractivity contribution in [1.29, 1.82) is 0 Å². The van der Waals surface area contributed by atoms with E-state index in [-0.39, 0.29) is 49.5 Å². The largest absolute Gasteiger partial charge is 0.462 e. The van der Waals surface area contributed by atoms with Crippen molar-refractivity contribution >= 4 is 148 Å². The molecule has 5 aliphatic rings. The van der Waals surface area contributed by atoms with Gasteiger partial charge in [-0.25, -0.2) is 41.5 Å². The van der Waals surface area contributed by atoms with E-state index < -0.39 is 182 Å². The first kappa shape index (κ1) is 109. The fourth-order valence-corrected chi connectivity index (χ4v) is 15.5. The number of esters is 3. The number of rotatable bonds is 27. The number of alkyl halides is 3. The number of aliphatic hydroxyl groups is 5. The first-order valence-corrected chi connectivity index (χ1v) is 48.3. The number of nitrogens with zero attached hydrogens (tertiary/aromatic N) is 3. The van der Waals surface area contributed by atoms with E-state index in [2.05, 4.69) is 85.4 Å². The Morgan fingerprint density at radius 3 is 1.42 bits per heavy atom. The number of allylic oxidation sites excluding steroid dienone is 2. The molecule has 6 heterocycles. The van der Waals surface area contributed by atoms with Gasteiger partial charge < -0.3 is 67.5 Å². The molecular weight excluding hydrogens is 1880 g/mol. The SMILES string of the molecule is C=C=C[C@]1(O)[C@H](N2C=CC(=O)CC2=O)O[C@](F)(CO)[C@H]1O.C=C=C[C@]1(O)[C@H](n2ccc(=O)[nH]c2=O)O[C@](F)(CO[P@@](=O)(N[C@@H](C)C(=O)OC(C)C)Oc2ccccc2)[C@H]1O.C=C=C[C@]1(OC(=O)c2ccccc2)[C@H](N2C=CC(=O)CC2=O)O[C@](F)(CC)[C@H]1C.CC(C)OC(=O)[C@H](C)NP(=O)(Cl)Oc1ccccc1.O=P(Cl)(Cl)Cl.O=P(Cl)(Cl)Oc1ccccc1.S. The fraction of sp³-hybridized carbons (Fsp3) is 0.377. The third-order valence-electron chi connectivity index (χ3n) is 17.2. The van der Waals surface area contributed by atoms with E-state index in [1.807, 2.05) is 4.98 Å². The summed E-state index contributed by atoms with van der Waals surface area (Å²) in [5, 5.41) is 52.8. The van der Waals surface area contributed by atoms with Gasteiger partial charge in [0.25, 0.3) is 17.3 Å². The van der Waals surface area contributed by atoms with E-state index in [0.29, 0.717) is 16.1 Å². The van der Waals surface area contributed by atoms with Crippen LogP contribution in [0, 0.1) is 5.92 Å². The van der Waals surface area contributed by atoms with Crippen LogP contribution in [0.15, 0.2) is 223 Å². The first-order valence-electron chi connectivity index (χ1n) is 36.4. The van der Waals surface area contributed by atoms with Gasteiger partial charge in [0.2, 0.25) is 17.7 Å². The Kier molecular flexibility index (Phi) is 41.5. The Morgan fingerprint density at radius 1 is 0.600 bits per heavy atom. The number of aliphatic hydroxyl groups excluding tert-OH is 3. The standard InChI is InChI=1S/C24H29FN3O10P.C22H22FNO5.C13H14FNO6.C12H17ClNO4P.C6H5Cl2O2P.Cl3OP.H2S/c1-5-12-23(33)20(31)24(25,37-21(23)28-13-11-18(29)26-22(28)32)14-35-39(34,38-17-9-7-6-8-10-17)27-16(4)19(30)36-15(2)3;1-4-12-21(28-19(27)16-9-7-6-8-10-16)15(3)22(23,5-2)29-20(21)24-13-11-17(25)14-18(24)26;1-2-4-12(20)10(19)13(14,7-16)21-11(12)15-5-3-8(17)6-9(15)18;1-9(2)17-12(15)10(3)14-19(13,16)18-11-7-5-4-6-8-11;7-11(8,9)10-6-4-2-1-3-5-6;1-5(2,3)4;/h6-13,15-16,20-21,31,33H,1,14H2,2-4H3,(H,27,34)(H,26,29,32);6-13,15,20H,1,5,14H2,2-3H3;3-5,10-11,16,19-20H,1,6-7H2;4-10H,1-3H3,(H,14,16);1-5H;;1H2/t16-,20-,21+,23+,24+,39-;15-,20+,21+,22+;10-,11+,12+,13+;10-,19?;;;/m0000.../s1. The summed E-state index contributed by atoms with van der Waals surface area (Å²) in [5.74, 6) is -12.8. The predicted molar refractivity (Wildman–Crippen MR) is 459 cm³/mol. The minimum absolute atomic E-state index is 0. The number of ether oxygens (including phenoxy) is 6. The van der Waals surface area contributed by atoms with Crippen LogP contribution in [0.1, 0.15) is 91.2 Å². The van der Waals surface area contributed by atoms with Crippen LogP contribution in [-0.4, -0.2) is 183 Å². The van der Waals surface area contributed by atoms with Crippen LogP contribution in [0.4, 0.5) is 13.2 Å². The normalized spacial score (nSPS) is 26.1. The maximum Gasteiger partial charge on any atom is 0.459 e. The van der Waals surface area contributed by atoms with Crippen molar-refractivity contribution in [3.8, 4) is 17.2 Å². The third kappa shape index (κ3) is 31.5. The fourth-order valence-electron chi connectivity index (χ4n) is 11.5. The summed E-state index contributed by atoms with van der Waals surface area (Å²) in [6.07, 6.45) is -6.25. The maximum atomic E-state index is 16.1. The molecule has 0 aliphatic carbocycles. The summed E-state index contributed by atoms with van der Waals surface area (Å²) in [6, 6.07) is 31.7. The highest BCUT2D eigenvalue weighted by Crippen LogP contribution is 2.61. The molecular formula is C77H89Cl6F3N6O28P4S. The number of aromatic nitrogens is 2. The molecule has 34 nitrogen and oxygen atoms in total. The van der Waals surface area contributed by atoms with Crippen molar-refractivity contribution in [2.75, 3.05) is 13.2 Å². The van der Waals surface area contributed by atoms with Crippen LogP contribution in [0.2, 0.25) is 0 Å². The second kappa shape index (κ2) is 47.4. The summed E-state index contributed by atoms with van der Waals surface area (Å²) < 4.78 is 145. The molecule has 0 bridgehead atoms. The van der Waals surface area contributed by atoms with Gasteiger partial charge in [-0.1, -0.05) is 106 Å². The van der Waals surface area contributed by atoms with Crippen molar-refractivity contribution in [1.82, 2.24) is 29.5 Å². The zero-order valence-corrected chi connectivity index (χ0v) is 76.4. The Balaban J connectivity index is 0.000000338. The molecule has 0 radical (unpaired) electrons. The summed E-state index contributed by atoms with van der Waals surface area (Å²) in [6.45, 7) is 16.5. The molecule has 1 aromatic heterocycles. The van der Waals surface area contributed by atoms with Gasteiger partial charge in [0, 0.05) is 70.9 Å². The number of nitrogens with one attached hydrogen (secondary N) is 3. The molecule has 16 atom stereocenters. The van der Waals surface area contributed by atoms with Crippen LogP contribution in [-0.2, 0) is 80.0 Å². The topological polar surface area (TPSA) is 467 Å². The molecule has 3 saturated heterocycles. The number of aromatic amines is 1. The molecule has 8 N–H and O–H groups in total. The molecule has 48 heteroatoms. The molecule has 2 amide bonds. The molecule has 5 aromatic rings. The molecule has 684 valence electrons. The maximum absolute atomic E-state index is 16.1. The number of hydrogen-bond donors (Lipinski definition) is 8. The summed E-state index contributed by atoms with van der Waals surface area (Å²) >= 11 is 29.9. The molecule has 1 unspecified atom stereocenters. The number of H-pyrrole nitrogens is 1. The summed E-state index contributed by atoms with van der Waals surface area (Å²) in [7, 11) is -4.60. The Labute approximate surface area is 750 Å². The van der Waals surface area contributed by atoms with Gasteiger partial charge in [0.15, 0.2) is 59.3 Å². The van der Waals surface area contributed by atoms with Crippen molar-refractivity contribution < 1.29 is 137 Å². The van der Waals surface area contributed by atoms with E-state index >= 15 is 8.78 Å². The number of ketones is 2. The van der Waals surface area contributed by atoms with Crippen LogP contribution in [0.3, 0.4) is 0 Å². The number of para-hydroxylation sites is 3. The van der Waals surface area contributed by atoms with Crippen LogP contribution in [0.25, 0.3) is 0 Å². The van der Waals surface area contributed by atoms with E-state index in [1.165, 1.54) is 44.3 Å². The smallest absolute Gasteiger partial charge is 0.459 e. The average Bonchev–Trinajstić information content (AvgIpc) is 1.63. The second-order valence-electron chi connectivity index (χ2n) is 27.2. The number of carbonyl (C=O) groups excluding carboxylic acids is 7. The first-order chi connectivity index (χ1) is 57.7. The zero-order chi connectivity index (χ0) is 93.4. The van der Waals surface area contributed by atoms with Crippen LogP contribution in [0.5, 0.6) is 17.2 Å². The highest BCUT2D eigenvalue weighted by molar-refractivity contribution is 8.24. The monoisotopic (exact) mass is 1970 g/mol. The summed E-state index contributed by atoms with van der Waals surface area (Å²) in [5.41, 5.74) is -1.35. The number of benzene rings is 4. The number of carbonyl (C=O) groups is 7. The molecule has 0 saturated carbocycles. The van der Waals surface area contributed by atoms with E-state index in [9.17, 15) is 86.2 Å². The average molecular weight is 1970 g/mol. The van der Waals surface area contributed by atoms with Gasteiger partial charge in [-0.3, -0.25) is 62.0 Å². The Morgan fingerprint density at radius 2 is 1.00 bits per heavy atom. The van der Waals surface area contributed by atoms with Crippen LogP contribution < -0.4 is 35.0 Å². The van der Waals surface area contributed by atoms with Gasteiger partial charge in [-0.05, 0) is 148 Å². The number of amides is 2. The molecule has 125 heavy (non-hydrogen) atoms. The highest BCUT2D eigenvalue weighted by Gasteiger charge is 2.68. The second-order valence-corrected chi connectivity index (χ2v) is 42.5. The van der Waals surface area contributed by atoms with Crippen molar-refractivity contribution in [2.24, 2.45) is 5.92 Å². The minimum Gasteiger partial charge on any atom is -0.462 e. The molecule has 5 aliphatic heterocycles. The summed E-state index contributed by atoms with van der Waals surface area (Å²) in [4.78, 5) is 111. The highest BCUT2D eigenvalue weighted by atomic mass is 36.0. The quantitative estimate of drug-likeness (QED) is 0.00796. The zero-order valence-electron chi connectivity index (χ0n) is 67.3. The predicted octanol–water partition coefficient (Wildman–Crippen LogP) is 13.3. The molecule has 4 aromatic carbocycles. The van der Waals surface area contributed by atoms with Crippen molar-refractivity contribution in [3.63, 3.8) is 0 Å². The Bertz CT molecular complexity index is 5130. The van der Waals surface area contributed by atoms with Gasteiger partial charge >= 0.3 is 49.5 Å². The molecule has 10 rings (SSSR count). The van der Waals surface area contributed by atoms with E-state index in [4.69, 9.17) is 80.8 Å². The lowest BCUT2D eigenvalue weighted by atomic mass is 9.83. The van der Waals surface area contributed by atoms with Crippen molar-refractivity contribution in [2.45, 2.75) is 164 Å². The lowest BCUT2D eigenvalue weighted by molar-refractivity contribution is -0.213. The van der Waals surface area contributed by atoms with Gasteiger partial charge in [0.05, 0.1) is 36.5 Å². The number of hydrogen-bond acceptors (Lipinski definition) is 28. The minimum atomic E-state index is -4.60. The third-order valence-corrected chi connectivity index (χ3v) is 21.3. The Hall–Kier alpha value is -7.95. The number of halogens is 9. The van der Waals surface area contributed by atoms with Gasteiger partial charge in [0.1, 0.15) is 42.5 Å². The lowest BCUT2D eigenvalue weighted by Gasteiger charge is -2.38. The van der Waals surface area contributed by atoms with E-state index in [1.54, 1.807) is 151 Å². The van der Waals surface area contributed by atoms with Crippen molar-refractivity contribution in [3.05, 3.63) is 240 Å². The molecule has 3 fully saturated rings. The van der Waals surface area contributed by atoms with Gasteiger partial charge in [-0.2, -0.15) is 18.6 Å². The lowest BCUT2D eigenvalue weighted by Crippen LogP contribution is -2.55.